The first-order valence-electron chi connectivity index (χ1n) is 15.6. The summed E-state index contributed by atoms with van der Waals surface area (Å²) in [5.74, 6) is 1.10. The molecule has 4 rings (SSSR count). The molecule has 0 fully saturated rings. The Morgan fingerprint density at radius 3 is 2.39 bits per heavy atom. The molecular weight excluding hydrogens is 563 g/mol. The first-order valence-corrected chi connectivity index (χ1v) is 15.6. The van der Waals surface area contributed by atoms with Gasteiger partial charge in [-0.2, -0.15) is 5.26 Å². The summed E-state index contributed by atoms with van der Waals surface area (Å²) < 4.78 is 36.5. The molecule has 0 amide bonds. The van der Waals surface area contributed by atoms with E-state index in [1.54, 1.807) is 0 Å². The summed E-state index contributed by atoms with van der Waals surface area (Å²) in [6.07, 6.45) is 22.6. The van der Waals surface area contributed by atoms with Crippen LogP contribution in [0.4, 0.5) is 13.2 Å². The van der Waals surface area contributed by atoms with E-state index < -0.39 is 6.36 Å². The van der Waals surface area contributed by atoms with Crippen molar-refractivity contribution in [3.8, 4) is 6.07 Å². The third-order valence-electron chi connectivity index (χ3n) is 7.47. The number of nitriles is 1. The Morgan fingerprint density at radius 1 is 1.07 bits per heavy atom. The Bertz CT molecular complexity index is 1430. The lowest BCUT2D eigenvalue weighted by molar-refractivity contribution is -0.311. The fourth-order valence-electron chi connectivity index (χ4n) is 5.38. The molecule has 0 saturated heterocycles. The molecule has 0 saturated carbocycles. The summed E-state index contributed by atoms with van der Waals surface area (Å²) in [7, 11) is 0.583. The van der Waals surface area contributed by atoms with Gasteiger partial charge in [0.1, 0.15) is 5.82 Å². The molecule has 238 valence electrons. The van der Waals surface area contributed by atoms with Crippen molar-refractivity contribution in [3.63, 3.8) is 0 Å². The lowest BCUT2D eigenvalue weighted by atomic mass is 9.78. The van der Waals surface area contributed by atoms with Gasteiger partial charge < -0.3 is 0 Å². The van der Waals surface area contributed by atoms with Crippen LogP contribution >= 0.6 is 0 Å². The van der Waals surface area contributed by atoms with Crippen molar-refractivity contribution in [1.82, 2.24) is 9.55 Å². The van der Waals surface area contributed by atoms with Gasteiger partial charge in [0.25, 0.3) is 5.56 Å². The summed E-state index contributed by atoms with van der Waals surface area (Å²) >= 11 is 0. The summed E-state index contributed by atoms with van der Waals surface area (Å²) in [4.78, 5) is 19.1. The fourth-order valence-corrected chi connectivity index (χ4v) is 5.38. The SMILES string of the molecule is CC.CCCc1nc(CC)c(C2=C/C/C=C\C/C=C\2)c(=O)n1CC1=CC=C(C2=CC=CCC2C#N)C(C)C1.COC(F)(F)F. The summed E-state index contributed by atoms with van der Waals surface area (Å²) in [5.41, 5.74) is 6.31. The minimum Gasteiger partial charge on any atom is -0.295 e. The van der Waals surface area contributed by atoms with Gasteiger partial charge in [-0.1, -0.05) is 95.4 Å². The van der Waals surface area contributed by atoms with Crippen LogP contribution in [0.15, 0.2) is 82.3 Å². The number of allylic oxidation sites excluding steroid dienone is 14. The number of rotatable bonds is 7. The van der Waals surface area contributed by atoms with E-state index in [9.17, 15) is 23.2 Å². The molecule has 1 aromatic rings. The molecular formula is C36H46F3N3O2. The fraction of sp³-hybridized carbons (Fsp3) is 0.472. The Morgan fingerprint density at radius 2 is 1.77 bits per heavy atom. The van der Waals surface area contributed by atoms with Crippen molar-refractivity contribution >= 4 is 5.57 Å². The number of ether oxygens (including phenoxy) is 1. The molecule has 5 nitrogen and oxygen atoms in total. The summed E-state index contributed by atoms with van der Waals surface area (Å²) in [6.45, 7) is 11.0. The van der Waals surface area contributed by atoms with Crippen LogP contribution in [0, 0.1) is 23.2 Å². The summed E-state index contributed by atoms with van der Waals surface area (Å²) in [5, 5.41) is 9.62. The van der Waals surface area contributed by atoms with Crippen LogP contribution in [0.1, 0.15) is 83.8 Å². The Labute approximate surface area is 260 Å². The highest BCUT2D eigenvalue weighted by Crippen LogP contribution is 2.36. The maximum Gasteiger partial charge on any atom is 0.522 e. The van der Waals surface area contributed by atoms with Gasteiger partial charge in [-0.3, -0.25) is 14.1 Å². The molecule has 1 heterocycles. The largest absolute Gasteiger partial charge is 0.522 e. The Balaban J connectivity index is 0.000000755. The molecule has 0 bridgehead atoms. The van der Waals surface area contributed by atoms with Gasteiger partial charge >= 0.3 is 6.36 Å². The van der Waals surface area contributed by atoms with E-state index in [2.05, 4.69) is 92.3 Å². The van der Waals surface area contributed by atoms with Crippen molar-refractivity contribution in [2.75, 3.05) is 7.11 Å². The number of hydrogen-bond donors (Lipinski definition) is 0. The van der Waals surface area contributed by atoms with Gasteiger partial charge in [0, 0.05) is 20.1 Å². The van der Waals surface area contributed by atoms with E-state index in [1.165, 1.54) is 11.1 Å². The Hall–Kier alpha value is -3.70. The number of aromatic nitrogens is 2. The highest BCUT2D eigenvalue weighted by atomic mass is 19.4. The molecule has 3 aliphatic carbocycles. The topological polar surface area (TPSA) is 67.9 Å². The number of alkyl halides is 3. The van der Waals surface area contributed by atoms with E-state index in [0.717, 1.165) is 73.2 Å². The zero-order valence-electron chi connectivity index (χ0n) is 26.9. The third-order valence-corrected chi connectivity index (χ3v) is 7.47. The van der Waals surface area contributed by atoms with Crippen LogP contribution < -0.4 is 5.56 Å². The number of hydrogen-bond acceptors (Lipinski definition) is 4. The van der Waals surface area contributed by atoms with Gasteiger partial charge in [-0.25, -0.2) is 4.98 Å². The normalized spacial score (nSPS) is 22.1. The van der Waals surface area contributed by atoms with Gasteiger partial charge in [0.2, 0.25) is 0 Å². The molecule has 2 atom stereocenters. The molecule has 44 heavy (non-hydrogen) atoms. The van der Waals surface area contributed by atoms with Crippen LogP contribution in [0.2, 0.25) is 0 Å². The monoisotopic (exact) mass is 609 g/mol. The molecule has 3 aliphatic rings. The van der Waals surface area contributed by atoms with Crippen molar-refractivity contribution in [2.24, 2.45) is 11.8 Å². The molecule has 1 aromatic heterocycles. The highest BCUT2D eigenvalue weighted by molar-refractivity contribution is 5.75. The molecule has 2 unspecified atom stereocenters. The summed E-state index contributed by atoms with van der Waals surface area (Å²) in [6, 6.07) is 2.46. The van der Waals surface area contributed by atoms with Crippen molar-refractivity contribution < 1.29 is 17.9 Å². The number of nitrogens with zero attached hydrogens (tertiary/aromatic N) is 3. The molecule has 8 heteroatoms. The molecule has 0 aromatic carbocycles. The molecule has 0 radical (unpaired) electrons. The zero-order valence-corrected chi connectivity index (χ0v) is 26.9. The lowest BCUT2D eigenvalue weighted by Gasteiger charge is -2.27. The Kier molecular flexibility index (Phi) is 15.1. The minimum atomic E-state index is -4.46. The second-order valence-electron chi connectivity index (χ2n) is 10.5. The smallest absolute Gasteiger partial charge is 0.295 e. The first kappa shape index (κ1) is 36.5. The number of aryl methyl sites for hydroxylation is 2. The standard InChI is InChI=1S/C32H37N3O.C2H3F3O.C2H6/c1-4-13-30-34-29(5-2)31(25-14-9-7-6-8-10-15-25)32(36)35(30)22-24-18-19-27(23(3)20-24)28-17-12-11-16-26(28)21-33;1-6-2(3,4)5;1-2/h6-7,10-12,14-15,17-19,23,26H,4-5,8-9,13,16,20,22H2,1-3H3;1H3;1-2H3/b7-6-,15-10-,25-14+;;. The van der Waals surface area contributed by atoms with Gasteiger partial charge in [-0.15, -0.1) is 13.2 Å². The van der Waals surface area contributed by atoms with E-state index in [1.807, 2.05) is 18.4 Å². The van der Waals surface area contributed by atoms with Crippen LogP contribution in [-0.2, 0) is 24.1 Å². The van der Waals surface area contributed by atoms with E-state index >= 15 is 0 Å². The molecule has 0 aliphatic heterocycles. The van der Waals surface area contributed by atoms with E-state index in [0.29, 0.717) is 19.6 Å². The van der Waals surface area contributed by atoms with Crippen LogP contribution in [0.25, 0.3) is 5.57 Å². The average Bonchev–Trinajstić information content (AvgIpc) is 3.00. The van der Waals surface area contributed by atoms with Crippen LogP contribution in [0.3, 0.4) is 0 Å². The first-order chi connectivity index (χ1) is 21.1. The maximum atomic E-state index is 14.0. The van der Waals surface area contributed by atoms with Gasteiger partial charge in [0.05, 0.1) is 23.2 Å². The minimum absolute atomic E-state index is 0.0683. The van der Waals surface area contributed by atoms with E-state index in [-0.39, 0.29) is 11.5 Å². The number of methoxy groups -OCH3 is 1. The quantitative estimate of drug-likeness (QED) is 0.289. The predicted molar refractivity (Wildman–Crippen MR) is 173 cm³/mol. The second-order valence-corrected chi connectivity index (χ2v) is 10.5. The maximum absolute atomic E-state index is 14.0. The average molecular weight is 610 g/mol. The van der Waals surface area contributed by atoms with Crippen LogP contribution in [0.5, 0.6) is 0 Å². The zero-order chi connectivity index (χ0) is 32.7. The highest BCUT2D eigenvalue weighted by Gasteiger charge is 2.26. The molecule has 0 N–H and O–H groups in total. The lowest BCUT2D eigenvalue weighted by Crippen LogP contribution is -2.31. The third kappa shape index (κ3) is 10.2. The van der Waals surface area contributed by atoms with E-state index in [4.69, 9.17) is 4.98 Å². The van der Waals surface area contributed by atoms with Crippen molar-refractivity contribution in [2.45, 2.75) is 92.5 Å². The second kappa shape index (κ2) is 18.2. The van der Waals surface area contributed by atoms with Crippen molar-refractivity contribution in [3.05, 3.63) is 105 Å². The van der Waals surface area contributed by atoms with Crippen molar-refractivity contribution in [1.29, 1.82) is 5.26 Å². The van der Waals surface area contributed by atoms with Gasteiger partial charge in [0.15, 0.2) is 0 Å². The molecule has 0 spiro atoms. The predicted octanol–water partition coefficient (Wildman–Crippen LogP) is 9.15. The van der Waals surface area contributed by atoms with Crippen LogP contribution in [-0.4, -0.2) is 23.0 Å². The number of halogens is 3. The van der Waals surface area contributed by atoms with Gasteiger partial charge in [-0.05, 0) is 66.7 Å².